The molecule has 0 aromatic rings. The van der Waals surface area contributed by atoms with E-state index < -0.39 is 0 Å². The van der Waals surface area contributed by atoms with Crippen LogP contribution in [0.15, 0.2) is 0 Å². The number of hydrogen-bond donors (Lipinski definition) is 0. The van der Waals surface area contributed by atoms with Crippen LogP contribution >= 0.6 is 0 Å². The van der Waals surface area contributed by atoms with Crippen LogP contribution in [0.1, 0.15) is 156 Å². The first-order chi connectivity index (χ1) is 15.6. The molecule has 0 aliphatic heterocycles. The Bertz CT molecular complexity index is 422. The van der Waals surface area contributed by atoms with Gasteiger partial charge in [0.05, 0.1) is 12.7 Å². The predicted molar refractivity (Wildman–Crippen MR) is 135 cm³/mol. The molecule has 0 saturated heterocycles. The van der Waals surface area contributed by atoms with Crippen molar-refractivity contribution in [2.75, 3.05) is 6.61 Å². The van der Waals surface area contributed by atoms with Crippen LogP contribution in [0.3, 0.4) is 0 Å². The Hall–Kier alpha value is -1.06. The summed E-state index contributed by atoms with van der Waals surface area (Å²) < 4.78 is 10.7. The van der Waals surface area contributed by atoms with Gasteiger partial charge in [-0.2, -0.15) is 0 Å². The molecule has 0 bridgehead atoms. The van der Waals surface area contributed by atoms with Gasteiger partial charge >= 0.3 is 11.9 Å². The fourth-order valence-electron chi connectivity index (χ4n) is 3.93. The van der Waals surface area contributed by atoms with E-state index in [4.69, 9.17) is 9.47 Å². The molecule has 4 heteroatoms. The molecule has 190 valence electrons. The van der Waals surface area contributed by atoms with Crippen molar-refractivity contribution in [1.82, 2.24) is 0 Å². The largest absolute Gasteiger partial charge is 0.466 e. The van der Waals surface area contributed by atoms with E-state index in [0.29, 0.717) is 32.3 Å². The van der Waals surface area contributed by atoms with Crippen LogP contribution in [-0.2, 0) is 19.1 Å². The number of ether oxygens (including phenoxy) is 2. The third kappa shape index (κ3) is 23.6. The molecule has 0 saturated carbocycles. The van der Waals surface area contributed by atoms with Crippen LogP contribution in [0.25, 0.3) is 0 Å². The minimum Gasteiger partial charge on any atom is -0.466 e. The number of hydrogen-bond acceptors (Lipinski definition) is 4. The first-order valence-electron chi connectivity index (χ1n) is 13.9. The molecule has 0 aliphatic rings. The maximum Gasteiger partial charge on any atom is 0.306 e. The van der Waals surface area contributed by atoms with Crippen molar-refractivity contribution in [3.8, 4) is 0 Å². The maximum absolute atomic E-state index is 11.8. The molecule has 0 heterocycles. The SMILES string of the molecule is CCCCCCCCCCCCCCCCOC(=O)CCCCC(=O)OC(C)CCCC. The molecule has 1 unspecified atom stereocenters. The standard InChI is InChI=1S/C28H54O4/c1-4-6-8-9-10-11-12-13-14-15-16-17-18-21-25-31-27(29)23-19-20-24-28(30)32-26(3)22-7-5-2/h26H,4-25H2,1-3H3. The summed E-state index contributed by atoms with van der Waals surface area (Å²) in [5.74, 6) is -0.284. The number of rotatable bonds is 24. The summed E-state index contributed by atoms with van der Waals surface area (Å²) in [6.45, 7) is 6.89. The molecule has 0 spiro atoms. The van der Waals surface area contributed by atoms with Crippen molar-refractivity contribution in [2.24, 2.45) is 0 Å². The molecule has 0 aliphatic carbocycles. The lowest BCUT2D eigenvalue weighted by molar-refractivity contribution is -0.149. The van der Waals surface area contributed by atoms with E-state index in [1.807, 2.05) is 6.92 Å². The summed E-state index contributed by atoms with van der Waals surface area (Å²) in [6, 6.07) is 0. The summed E-state index contributed by atoms with van der Waals surface area (Å²) >= 11 is 0. The zero-order valence-electron chi connectivity index (χ0n) is 21.8. The highest BCUT2D eigenvalue weighted by molar-refractivity contribution is 5.70. The van der Waals surface area contributed by atoms with Gasteiger partial charge in [-0.3, -0.25) is 9.59 Å². The van der Waals surface area contributed by atoms with Crippen LogP contribution in [-0.4, -0.2) is 24.6 Å². The third-order valence-corrected chi connectivity index (χ3v) is 6.07. The van der Waals surface area contributed by atoms with Gasteiger partial charge in [-0.1, -0.05) is 110 Å². The average molecular weight is 455 g/mol. The van der Waals surface area contributed by atoms with Gasteiger partial charge in [-0.25, -0.2) is 0 Å². The van der Waals surface area contributed by atoms with E-state index in [0.717, 1.165) is 32.1 Å². The van der Waals surface area contributed by atoms with Crippen LogP contribution in [0.4, 0.5) is 0 Å². The quantitative estimate of drug-likeness (QED) is 0.108. The van der Waals surface area contributed by atoms with Crippen molar-refractivity contribution in [1.29, 1.82) is 0 Å². The number of unbranched alkanes of at least 4 members (excludes halogenated alkanes) is 15. The second-order valence-corrected chi connectivity index (χ2v) is 9.47. The Kier molecular flexibility index (Phi) is 23.8. The van der Waals surface area contributed by atoms with Gasteiger partial charge in [-0.15, -0.1) is 0 Å². The molecule has 0 amide bonds. The molecule has 0 radical (unpaired) electrons. The monoisotopic (exact) mass is 454 g/mol. The van der Waals surface area contributed by atoms with E-state index in [-0.39, 0.29) is 18.0 Å². The number of esters is 2. The van der Waals surface area contributed by atoms with E-state index in [2.05, 4.69) is 13.8 Å². The van der Waals surface area contributed by atoms with Gasteiger partial charge in [0.2, 0.25) is 0 Å². The van der Waals surface area contributed by atoms with Gasteiger partial charge < -0.3 is 9.47 Å². The van der Waals surface area contributed by atoms with Gasteiger partial charge in [0, 0.05) is 12.8 Å². The number of carbonyl (C=O) groups is 2. The first-order valence-corrected chi connectivity index (χ1v) is 13.9. The lowest BCUT2D eigenvalue weighted by Crippen LogP contribution is -2.14. The average Bonchev–Trinajstić information content (AvgIpc) is 2.78. The fourth-order valence-corrected chi connectivity index (χ4v) is 3.93. The maximum atomic E-state index is 11.8. The van der Waals surface area contributed by atoms with Crippen LogP contribution in [0, 0.1) is 0 Å². The highest BCUT2D eigenvalue weighted by Gasteiger charge is 2.10. The van der Waals surface area contributed by atoms with Gasteiger partial charge in [0.1, 0.15) is 0 Å². The summed E-state index contributed by atoms with van der Waals surface area (Å²) in [4.78, 5) is 23.5. The summed E-state index contributed by atoms with van der Waals surface area (Å²) in [7, 11) is 0. The lowest BCUT2D eigenvalue weighted by Gasteiger charge is -2.12. The minimum atomic E-state index is -0.149. The first kappa shape index (κ1) is 30.9. The van der Waals surface area contributed by atoms with E-state index >= 15 is 0 Å². The van der Waals surface area contributed by atoms with Crippen molar-refractivity contribution < 1.29 is 19.1 Å². The van der Waals surface area contributed by atoms with E-state index in [9.17, 15) is 9.59 Å². The summed E-state index contributed by atoms with van der Waals surface area (Å²) in [5.41, 5.74) is 0. The molecule has 1 atom stereocenters. The topological polar surface area (TPSA) is 52.6 Å². The van der Waals surface area contributed by atoms with Crippen molar-refractivity contribution in [2.45, 2.75) is 162 Å². The molecule has 0 fully saturated rings. The molecule has 0 aromatic carbocycles. The zero-order chi connectivity index (χ0) is 23.7. The second-order valence-electron chi connectivity index (χ2n) is 9.47. The zero-order valence-corrected chi connectivity index (χ0v) is 21.8. The fraction of sp³-hybridized carbons (Fsp3) is 0.929. The Balaban J connectivity index is 3.30. The van der Waals surface area contributed by atoms with Gasteiger partial charge in [-0.05, 0) is 32.6 Å². The predicted octanol–water partition coefficient (Wildman–Crippen LogP) is 8.69. The molecule has 0 N–H and O–H groups in total. The van der Waals surface area contributed by atoms with Crippen molar-refractivity contribution in [3.05, 3.63) is 0 Å². The highest BCUT2D eigenvalue weighted by atomic mass is 16.5. The van der Waals surface area contributed by atoms with Crippen LogP contribution in [0.2, 0.25) is 0 Å². The third-order valence-electron chi connectivity index (χ3n) is 6.07. The normalized spacial score (nSPS) is 12.0. The molecule has 0 rings (SSSR count). The van der Waals surface area contributed by atoms with Crippen molar-refractivity contribution in [3.63, 3.8) is 0 Å². The molecule has 4 nitrogen and oxygen atoms in total. The molecular weight excluding hydrogens is 400 g/mol. The Morgan fingerprint density at radius 3 is 1.50 bits per heavy atom. The highest BCUT2D eigenvalue weighted by Crippen LogP contribution is 2.13. The lowest BCUT2D eigenvalue weighted by atomic mass is 10.0. The summed E-state index contributed by atoms with van der Waals surface area (Å²) in [5, 5.41) is 0. The Morgan fingerprint density at radius 1 is 0.562 bits per heavy atom. The molecular formula is C28H54O4. The van der Waals surface area contributed by atoms with Crippen molar-refractivity contribution >= 4 is 11.9 Å². The smallest absolute Gasteiger partial charge is 0.306 e. The number of carbonyl (C=O) groups excluding carboxylic acids is 2. The van der Waals surface area contributed by atoms with E-state index in [1.165, 1.54) is 77.0 Å². The van der Waals surface area contributed by atoms with Gasteiger partial charge in [0.15, 0.2) is 0 Å². The summed E-state index contributed by atoms with van der Waals surface area (Å²) in [6.07, 6.45) is 23.9. The van der Waals surface area contributed by atoms with E-state index in [1.54, 1.807) is 0 Å². The molecule has 0 aromatic heterocycles. The second kappa shape index (κ2) is 24.6. The Morgan fingerprint density at radius 2 is 1.00 bits per heavy atom. The van der Waals surface area contributed by atoms with Crippen LogP contribution in [0.5, 0.6) is 0 Å². The molecule has 32 heavy (non-hydrogen) atoms. The van der Waals surface area contributed by atoms with Gasteiger partial charge in [0.25, 0.3) is 0 Å². The Labute approximate surface area is 199 Å². The minimum absolute atomic E-state index is 0.00230. The van der Waals surface area contributed by atoms with Crippen LogP contribution < -0.4 is 0 Å².